The minimum absolute atomic E-state index is 0.365. The summed E-state index contributed by atoms with van der Waals surface area (Å²) >= 11 is 0. The van der Waals surface area contributed by atoms with Gasteiger partial charge in [-0.25, -0.2) is 19.3 Å². The van der Waals surface area contributed by atoms with Crippen molar-refractivity contribution in [3.05, 3.63) is 60.4 Å². The summed E-state index contributed by atoms with van der Waals surface area (Å²) in [6, 6.07) is 9.48. The summed E-state index contributed by atoms with van der Waals surface area (Å²) in [4.78, 5) is 15.0. The number of hydrogen-bond acceptors (Lipinski definition) is 6. The minimum atomic E-state index is -0.798. The van der Waals surface area contributed by atoms with Crippen LogP contribution in [0.3, 0.4) is 0 Å². The lowest BCUT2D eigenvalue weighted by atomic mass is 9.98. The van der Waals surface area contributed by atoms with Crippen molar-refractivity contribution in [1.82, 2.24) is 15.0 Å². The number of aryl methyl sites for hydroxylation is 2. The first-order chi connectivity index (χ1) is 14.1. The van der Waals surface area contributed by atoms with E-state index in [-0.39, 0.29) is 0 Å². The van der Waals surface area contributed by atoms with E-state index in [0.717, 1.165) is 39.2 Å². The lowest BCUT2D eigenvalue weighted by Gasteiger charge is -2.36. The summed E-state index contributed by atoms with van der Waals surface area (Å²) in [5.41, 5.74) is 4.53. The predicted octanol–water partition coefficient (Wildman–Crippen LogP) is 4.85. The average molecular weight is 390 g/mol. The van der Waals surface area contributed by atoms with Crippen LogP contribution in [-0.4, -0.2) is 34.2 Å². The van der Waals surface area contributed by atoms with Crippen LogP contribution in [0.1, 0.15) is 11.3 Å². The van der Waals surface area contributed by atoms with Crippen molar-refractivity contribution < 1.29 is 13.5 Å². The first-order valence-corrected chi connectivity index (χ1v) is 9.42. The van der Waals surface area contributed by atoms with E-state index in [9.17, 15) is 4.39 Å². The Morgan fingerprint density at radius 3 is 2.76 bits per heavy atom. The normalized spacial score (nSPS) is 14.2. The van der Waals surface area contributed by atoms with Crippen molar-refractivity contribution in [3.63, 3.8) is 0 Å². The Kier molecular flexibility index (Phi) is 4.16. The molecular formula is C22H19FN4O2. The fourth-order valence-electron chi connectivity index (χ4n) is 3.66. The second kappa shape index (κ2) is 6.84. The first-order valence-electron chi connectivity index (χ1n) is 9.42. The Morgan fingerprint density at radius 1 is 1.10 bits per heavy atom. The number of fused-ring (bicyclic) bond motifs is 1. The molecule has 1 saturated heterocycles. The number of rotatable bonds is 4. The molecule has 5 rings (SSSR count). The number of anilines is 1. The molecule has 29 heavy (non-hydrogen) atoms. The van der Waals surface area contributed by atoms with Crippen molar-refractivity contribution in [2.75, 3.05) is 18.0 Å². The highest BCUT2D eigenvalue weighted by Gasteiger charge is 2.30. The van der Waals surface area contributed by atoms with Gasteiger partial charge in [0.1, 0.15) is 29.6 Å². The molecule has 6 nitrogen and oxygen atoms in total. The van der Waals surface area contributed by atoms with Gasteiger partial charge in [0.2, 0.25) is 5.88 Å². The predicted molar refractivity (Wildman–Crippen MR) is 108 cm³/mol. The van der Waals surface area contributed by atoms with Gasteiger partial charge in [-0.3, -0.25) is 0 Å². The van der Waals surface area contributed by atoms with Crippen LogP contribution in [0.2, 0.25) is 0 Å². The molecule has 0 spiro atoms. The van der Waals surface area contributed by atoms with E-state index in [1.165, 1.54) is 6.33 Å². The molecule has 0 atom stereocenters. The monoisotopic (exact) mass is 390 g/mol. The van der Waals surface area contributed by atoms with Gasteiger partial charge in [0, 0.05) is 11.8 Å². The molecule has 146 valence electrons. The maximum absolute atomic E-state index is 13.4. The number of hydrogen-bond donors (Lipinski definition) is 0. The molecule has 0 radical (unpaired) electrons. The van der Waals surface area contributed by atoms with E-state index in [0.29, 0.717) is 24.7 Å². The topological polar surface area (TPSA) is 64.3 Å². The second-order valence-electron chi connectivity index (χ2n) is 7.19. The van der Waals surface area contributed by atoms with Gasteiger partial charge in [-0.05, 0) is 49.2 Å². The van der Waals surface area contributed by atoms with E-state index < -0.39 is 6.17 Å². The van der Waals surface area contributed by atoms with Crippen molar-refractivity contribution in [1.29, 1.82) is 0 Å². The fourth-order valence-corrected chi connectivity index (χ4v) is 3.66. The van der Waals surface area contributed by atoms with Crippen molar-refractivity contribution in [2.45, 2.75) is 20.0 Å². The van der Waals surface area contributed by atoms with Crippen LogP contribution in [0, 0.1) is 13.8 Å². The number of pyridine rings is 1. The number of halogens is 1. The third kappa shape index (κ3) is 3.08. The van der Waals surface area contributed by atoms with Crippen LogP contribution in [-0.2, 0) is 0 Å². The largest absolute Gasteiger partial charge is 0.464 e. The third-order valence-corrected chi connectivity index (χ3v) is 5.18. The lowest BCUT2D eigenvalue weighted by Crippen LogP contribution is -2.49. The molecule has 0 aliphatic carbocycles. The Bertz CT molecular complexity index is 1200. The van der Waals surface area contributed by atoms with Gasteiger partial charge in [-0.1, -0.05) is 6.07 Å². The van der Waals surface area contributed by atoms with Crippen molar-refractivity contribution >= 4 is 16.8 Å². The SMILES string of the molecule is Cc1cc(Oc2nccc3occc23)ccc1-c1c(C)ncnc1N1CC(F)C1. The van der Waals surface area contributed by atoms with E-state index in [1.54, 1.807) is 18.5 Å². The molecule has 0 bridgehead atoms. The molecule has 1 fully saturated rings. The molecule has 0 saturated carbocycles. The lowest BCUT2D eigenvalue weighted by molar-refractivity contribution is 0.273. The zero-order valence-electron chi connectivity index (χ0n) is 16.1. The molecule has 1 aromatic carbocycles. The highest BCUT2D eigenvalue weighted by Crippen LogP contribution is 2.37. The van der Waals surface area contributed by atoms with Gasteiger partial charge < -0.3 is 14.1 Å². The standard InChI is InChI=1S/C22H19FN4O2/c1-13-9-16(29-22-18-6-8-28-19(18)5-7-24-22)3-4-17(13)20-14(2)25-12-26-21(20)27-10-15(23)11-27/h3-9,12,15H,10-11H2,1-2H3. The van der Waals surface area contributed by atoms with E-state index >= 15 is 0 Å². The van der Waals surface area contributed by atoms with Crippen LogP contribution < -0.4 is 9.64 Å². The minimum Gasteiger partial charge on any atom is -0.464 e. The molecule has 7 heteroatoms. The van der Waals surface area contributed by atoms with E-state index in [2.05, 4.69) is 15.0 Å². The van der Waals surface area contributed by atoms with Crippen LogP contribution >= 0.6 is 0 Å². The Morgan fingerprint density at radius 2 is 1.97 bits per heavy atom. The number of alkyl halides is 1. The van der Waals surface area contributed by atoms with Crippen molar-refractivity contribution in [3.8, 4) is 22.8 Å². The Balaban J connectivity index is 1.50. The number of nitrogens with zero attached hydrogens (tertiary/aromatic N) is 4. The number of benzene rings is 1. The van der Waals surface area contributed by atoms with Crippen LogP contribution in [0.25, 0.3) is 22.1 Å². The van der Waals surface area contributed by atoms with Crippen LogP contribution in [0.5, 0.6) is 11.6 Å². The second-order valence-corrected chi connectivity index (χ2v) is 7.19. The Labute approximate surface area is 167 Å². The van der Waals surface area contributed by atoms with Gasteiger partial charge in [-0.15, -0.1) is 0 Å². The molecule has 1 aliphatic rings. The number of ether oxygens (including phenoxy) is 1. The van der Waals surface area contributed by atoms with Gasteiger partial charge in [0.25, 0.3) is 0 Å². The molecule has 0 unspecified atom stereocenters. The number of aromatic nitrogens is 3. The molecule has 4 aromatic rings. The summed E-state index contributed by atoms with van der Waals surface area (Å²) in [7, 11) is 0. The van der Waals surface area contributed by atoms with Gasteiger partial charge in [0.15, 0.2) is 0 Å². The average Bonchev–Trinajstić information content (AvgIpc) is 3.16. The van der Waals surface area contributed by atoms with Crippen LogP contribution in [0.15, 0.2) is 53.5 Å². The Hall–Kier alpha value is -3.48. The maximum atomic E-state index is 13.4. The number of furan rings is 1. The summed E-state index contributed by atoms with van der Waals surface area (Å²) < 4.78 is 24.8. The smallest absolute Gasteiger partial charge is 0.230 e. The van der Waals surface area contributed by atoms with Gasteiger partial charge in [0.05, 0.1) is 30.4 Å². The summed E-state index contributed by atoms with van der Waals surface area (Å²) in [5, 5.41) is 0.822. The van der Waals surface area contributed by atoms with E-state index in [1.807, 2.05) is 43.0 Å². The molecule has 0 amide bonds. The summed E-state index contributed by atoms with van der Waals surface area (Å²) in [6.45, 7) is 4.69. The molecule has 0 N–H and O–H groups in total. The molecule has 3 aromatic heterocycles. The third-order valence-electron chi connectivity index (χ3n) is 5.18. The van der Waals surface area contributed by atoms with Crippen LogP contribution in [0.4, 0.5) is 10.2 Å². The zero-order chi connectivity index (χ0) is 20.0. The summed E-state index contributed by atoms with van der Waals surface area (Å²) in [5.74, 6) is 1.95. The van der Waals surface area contributed by atoms with E-state index in [4.69, 9.17) is 9.15 Å². The summed E-state index contributed by atoms with van der Waals surface area (Å²) in [6.07, 6.45) is 4.01. The fraction of sp³-hybridized carbons (Fsp3) is 0.227. The first kappa shape index (κ1) is 17.6. The quantitative estimate of drug-likeness (QED) is 0.496. The molecule has 4 heterocycles. The van der Waals surface area contributed by atoms with Gasteiger partial charge >= 0.3 is 0 Å². The molecular weight excluding hydrogens is 371 g/mol. The zero-order valence-corrected chi connectivity index (χ0v) is 16.1. The van der Waals surface area contributed by atoms with Gasteiger partial charge in [-0.2, -0.15) is 0 Å². The van der Waals surface area contributed by atoms with Crippen molar-refractivity contribution in [2.24, 2.45) is 0 Å². The maximum Gasteiger partial charge on any atom is 0.230 e. The molecule has 1 aliphatic heterocycles. The highest BCUT2D eigenvalue weighted by atomic mass is 19.1. The highest BCUT2D eigenvalue weighted by molar-refractivity contribution is 5.83.